The number of H-pyrrole nitrogens is 1. The monoisotopic (exact) mass is 207 g/mol. The van der Waals surface area contributed by atoms with Crippen LogP contribution in [0, 0.1) is 6.92 Å². The van der Waals surface area contributed by atoms with E-state index in [2.05, 4.69) is 29.0 Å². The van der Waals surface area contributed by atoms with Crippen LogP contribution in [0.2, 0.25) is 0 Å². The lowest BCUT2D eigenvalue weighted by atomic mass is 10.3. The summed E-state index contributed by atoms with van der Waals surface area (Å²) in [7, 11) is 0. The maximum Gasteiger partial charge on any atom is 0.123 e. The SMILES string of the molecule is Cc1ccc(-c2cnc(C(C)N)[nH]2)s1. The molecule has 0 spiro atoms. The number of aromatic nitrogens is 2. The summed E-state index contributed by atoms with van der Waals surface area (Å²) in [6.07, 6.45) is 1.84. The van der Waals surface area contributed by atoms with Crippen LogP contribution in [0.5, 0.6) is 0 Å². The number of thiophene rings is 1. The molecule has 0 fully saturated rings. The van der Waals surface area contributed by atoms with Gasteiger partial charge in [0, 0.05) is 4.88 Å². The Labute approximate surface area is 87.0 Å². The summed E-state index contributed by atoms with van der Waals surface area (Å²) in [4.78, 5) is 9.96. The highest BCUT2D eigenvalue weighted by Gasteiger charge is 2.07. The maximum absolute atomic E-state index is 5.72. The Kier molecular flexibility index (Phi) is 2.39. The van der Waals surface area contributed by atoms with Crippen molar-refractivity contribution in [3.8, 4) is 10.6 Å². The van der Waals surface area contributed by atoms with Gasteiger partial charge in [-0.15, -0.1) is 11.3 Å². The van der Waals surface area contributed by atoms with Crippen molar-refractivity contribution < 1.29 is 0 Å². The molecule has 2 aromatic rings. The van der Waals surface area contributed by atoms with Gasteiger partial charge in [-0.3, -0.25) is 0 Å². The number of imidazole rings is 1. The third-order valence-corrected chi connectivity index (χ3v) is 3.07. The summed E-state index contributed by atoms with van der Waals surface area (Å²) in [6.45, 7) is 4.01. The van der Waals surface area contributed by atoms with Crippen LogP contribution in [0.15, 0.2) is 18.3 Å². The highest BCUT2D eigenvalue weighted by atomic mass is 32.1. The molecule has 14 heavy (non-hydrogen) atoms. The largest absolute Gasteiger partial charge is 0.340 e. The van der Waals surface area contributed by atoms with Crippen LogP contribution in [0.4, 0.5) is 0 Å². The van der Waals surface area contributed by atoms with Crippen LogP contribution in [-0.4, -0.2) is 9.97 Å². The molecule has 0 radical (unpaired) electrons. The highest BCUT2D eigenvalue weighted by Crippen LogP contribution is 2.26. The molecule has 74 valence electrons. The standard InChI is InChI=1S/C10H13N3S/c1-6-3-4-9(14-6)8-5-12-10(13-8)7(2)11/h3-5,7H,11H2,1-2H3,(H,12,13). The van der Waals surface area contributed by atoms with Gasteiger partial charge in [-0.1, -0.05) is 0 Å². The van der Waals surface area contributed by atoms with Gasteiger partial charge >= 0.3 is 0 Å². The van der Waals surface area contributed by atoms with Crippen molar-refractivity contribution in [1.29, 1.82) is 0 Å². The number of aryl methyl sites for hydroxylation is 1. The van der Waals surface area contributed by atoms with Crippen LogP contribution < -0.4 is 5.73 Å². The summed E-state index contributed by atoms with van der Waals surface area (Å²) in [6, 6.07) is 4.16. The Balaban J connectivity index is 2.33. The van der Waals surface area contributed by atoms with Gasteiger partial charge in [0.15, 0.2) is 0 Å². The molecule has 0 aliphatic rings. The highest BCUT2D eigenvalue weighted by molar-refractivity contribution is 7.15. The van der Waals surface area contributed by atoms with Crippen molar-refractivity contribution >= 4 is 11.3 Å². The molecule has 2 heterocycles. The normalized spacial score (nSPS) is 13.1. The topological polar surface area (TPSA) is 54.7 Å². The van der Waals surface area contributed by atoms with E-state index in [1.807, 2.05) is 13.1 Å². The van der Waals surface area contributed by atoms with E-state index in [1.54, 1.807) is 11.3 Å². The quantitative estimate of drug-likeness (QED) is 0.794. The maximum atomic E-state index is 5.72. The van der Waals surface area contributed by atoms with Gasteiger partial charge in [-0.2, -0.15) is 0 Å². The first kappa shape index (κ1) is 9.43. The minimum Gasteiger partial charge on any atom is -0.340 e. The smallest absolute Gasteiger partial charge is 0.123 e. The number of aromatic amines is 1. The second kappa shape index (κ2) is 3.55. The fraction of sp³-hybridized carbons (Fsp3) is 0.300. The molecule has 3 nitrogen and oxygen atoms in total. The summed E-state index contributed by atoms with van der Waals surface area (Å²) in [5.41, 5.74) is 6.77. The van der Waals surface area contributed by atoms with Crippen LogP contribution in [0.25, 0.3) is 10.6 Å². The Bertz CT molecular complexity index is 428. The molecule has 0 amide bonds. The van der Waals surface area contributed by atoms with Gasteiger partial charge in [0.25, 0.3) is 0 Å². The predicted octanol–water partition coefficient (Wildman–Crippen LogP) is 2.47. The number of hydrogen-bond donors (Lipinski definition) is 2. The average molecular weight is 207 g/mol. The van der Waals surface area contributed by atoms with Crippen LogP contribution in [-0.2, 0) is 0 Å². The van der Waals surface area contributed by atoms with Crippen molar-refractivity contribution in [3.05, 3.63) is 29.0 Å². The molecule has 0 aliphatic heterocycles. The first-order chi connectivity index (χ1) is 6.66. The molecule has 0 aliphatic carbocycles. The molecular weight excluding hydrogens is 194 g/mol. The lowest BCUT2D eigenvalue weighted by Gasteiger charge is -1.97. The van der Waals surface area contributed by atoms with Crippen molar-refractivity contribution in [2.24, 2.45) is 5.73 Å². The lowest BCUT2D eigenvalue weighted by Crippen LogP contribution is -2.06. The van der Waals surface area contributed by atoms with E-state index in [1.165, 1.54) is 9.75 Å². The number of nitrogens with two attached hydrogens (primary N) is 1. The van der Waals surface area contributed by atoms with Crippen molar-refractivity contribution in [1.82, 2.24) is 9.97 Å². The number of nitrogens with zero attached hydrogens (tertiary/aromatic N) is 1. The minimum absolute atomic E-state index is 0.0372. The van der Waals surface area contributed by atoms with E-state index in [9.17, 15) is 0 Å². The van der Waals surface area contributed by atoms with E-state index >= 15 is 0 Å². The Morgan fingerprint density at radius 2 is 2.29 bits per heavy atom. The molecular formula is C10H13N3S. The zero-order chi connectivity index (χ0) is 10.1. The average Bonchev–Trinajstić information content (AvgIpc) is 2.70. The first-order valence-corrected chi connectivity index (χ1v) is 5.36. The molecule has 1 atom stereocenters. The van der Waals surface area contributed by atoms with Crippen molar-refractivity contribution in [2.45, 2.75) is 19.9 Å². The molecule has 3 N–H and O–H groups in total. The predicted molar refractivity (Wildman–Crippen MR) is 59.2 cm³/mol. The zero-order valence-electron chi connectivity index (χ0n) is 8.24. The summed E-state index contributed by atoms with van der Waals surface area (Å²) in [5.74, 6) is 0.839. The molecule has 0 bridgehead atoms. The fourth-order valence-corrected chi connectivity index (χ4v) is 2.11. The molecule has 0 saturated heterocycles. The number of nitrogens with one attached hydrogen (secondary N) is 1. The van der Waals surface area contributed by atoms with Gasteiger partial charge in [-0.25, -0.2) is 4.98 Å². The first-order valence-electron chi connectivity index (χ1n) is 4.54. The van der Waals surface area contributed by atoms with Crippen LogP contribution >= 0.6 is 11.3 Å². The lowest BCUT2D eigenvalue weighted by molar-refractivity contribution is 0.756. The number of rotatable bonds is 2. The van der Waals surface area contributed by atoms with E-state index in [0.717, 1.165) is 11.5 Å². The minimum atomic E-state index is -0.0372. The molecule has 2 rings (SSSR count). The van der Waals surface area contributed by atoms with Crippen LogP contribution in [0.1, 0.15) is 23.7 Å². The van der Waals surface area contributed by atoms with Gasteiger partial charge in [0.05, 0.1) is 22.8 Å². The second-order valence-corrected chi connectivity index (χ2v) is 4.67. The van der Waals surface area contributed by atoms with Crippen LogP contribution in [0.3, 0.4) is 0 Å². The summed E-state index contributed by atoms with van der Waals surface area (Å²) >= 11 is 1.75. The van der Waals surface area contributed by atoms with Gasteiger partial charge in [-0.05, 0) is 26.0 Å². The van der Waals surface area contributed by atoms with E-state index in [-0.39, 0.29) is 6.04 Å². The van der Waals surface area contributed by atoms with Crippen molar-refractivity contribution in [3.63, 3.8) is 0 Å². The molecule has 0 aromatic carbocycles. The van der Waals surface area contributed by atoms with E-state index in [4.69, 9.17) is 5.73 Å². The van der Waals surface area contributed by atoms with Crippen molar-refractivity contribution in [2.75, 3.05) is 0 Å². The third kappa shape index (κ3) is 1.71. The molecule has 4 heteroatoms. The Morgan fingerprint density at radius 3 is 2.79 bits per heavy atom. The molecule has 1 unspecified atom stereocenters. The van der Waals surface area contributed by atoms with E-state index < -0.39 is 0 Å². The molecule has 2 aromatic heterocycles. The Hall–Kier alpha value is -1.13. The van der Waals surface area contributed by atoms with Gasteiger partial charge in [0.2, 0.25) is 0 Å². The second-order valence-electron chi connectivity index (χ2n) is 3.38. The zero-order valence-corrected chi connectivity index (χ0v) is 9.06. The third-order valence-electron chi connectivity index (χ3n) is 2.03. The Morgan fingerprint density at radius 1 is 1.50 bits per heavy atom. The van der Waals surface area contributed by atoms with Gasteiger partial charge in [0.1, 0.15) is 5.82 Å². The summed E-state index contributed by atoms with van der Waals surface area (Å²) < 4.78 is 0. The van der Waals surface area contributed by atoms with E-state index in [0.29, 0.717) is 0 Å². The summed E-state index contributed by atoms with van der Waals surface area (Å²) in [5, 5.41) is 0. The van der Waals surface area contributed by atoms with Gasteiger partial charge < -0.3 is 10.7 Å². The fourth-order valence-electron chi connectivity index (χ4n) is 1.27. The molecule has 0 saturated carbocycles. The number of hydrogen-bond acceptors (Lipinski definition) is 3.